The average Bonchev–Trinajstić information content (AvgIpc) is 3.44. The maximum absolute atomic E-state index is 12.3. The van der Waals surface area contributed by atoms with Crippen molar-refractivity contribution in [1.29, 1.82) is 0 Å². The number of aliphatic hydroxyl groups is 1. The minimum absolute atomic E-state index is 0.0469. The van der Waals surface area contributed by atoms with Crippen LogP contribution in [0.1, 0.15) is 43.2 Å². The summed E-state index contributed by atoms with van der Waals surface area (Å²) in [7, 11) is 1.37. The van der Waals surface area contributed by atoms with Gasteiger partial charge in [0.2, 0.25) is 0 Å². The number of hydrogen-bond acceptors (Lipinski definition) is 6. The van der Waals surface area contributed by atoms with Crippen LogP contribution in [-0.4, -0.2) is 59.0 Å². The molecule has 1 saturated heterocycles. The molecule has 2 saturated carbocycles. The van der Waals surface area contributed by atoms with E-state index in [0.717, 1.165) is 48.5 Å². The first kappa shape index (κ1) is 17.8. The highest BCUT2D eigenvalue weighted by Crippen LogP contribution is 2.66. The third-order valence-electron chi connectivity index (χ3n) is 8.15. The first-order valence-electron chi connectivity index (χ1n) is 10.7. The molecule has 2 bridgehead atoms. The lowest BCUT2D eigenvalue weighted by atomic mass is 9.48. The van der Waals surface area contributed by atoms with Crippen molar-refractivity contribution in [3.8, 4) is 11.5 Å². The van der Waals surface area contributed by atoms with Crippen LogP contribution in [-0.2, 0) is 21.4 Å². The molecule has 5 aliphatic rings. The van der Waals surface area contributed by atoms with E-state index in [1.807, 2.05) is 6.07 Å². The fourth-order valence-corrected chi connectivity index (χ4v) is 6.69. The Morgan fingerprint density at radius 1 is 1.38 bits per heavy atom. The Kier molecular flexibility index (Phi) is 3.53. The van der Waals surface area contributed by atoms with E-state index in [0.29, 0.717) is 18.6 Å². The van der Waals surface area contributed by atoms with Crippen LogP contribution in [0.25, 0.3) is 0 Å². The summed E-state index contributed by atoms with van der Waals surface area (Å²) in [5.41, 5.74) is 1.46. The van der Waals surface area contributed by atoms with Crippen molar-refractivity contribution in [2.75, 3.05) is 20.2 Å². The van der Waals surface area contributed by atoms with Crippen LogP contribution >= 0.6 is 0 Å². The Bertz CT molecular complexity index is 937. The molecule has 1 aromatic carbocycles. The number of phenols is 1. The number of piperidine rings is 1. The van der Waals surface area contributed by atoms with E-state index in [9.17, 15) is 15.0 Å². The number of carbonyl (C=O) groups excluding carboxylic acids is 1. The third kappa shape index (κ3) is 2.16. The Balaban J connectivity index is 1.53. The quantitative estimate of drug-likeness (QED) is 0.600. The van der Waals surface area contributed by atoms with Gasteiger partial charge >= 0.3 is 5.97 Å². The van der Waals surface area contributed by atoms with Crippen LogP contribution in [0.5, 0.6) is 11.5 Å². The molecule has 154 valence electrons. The van der Waals surface area contributed by atoms with Crippen molar-refractivity contribution >= 4 is 5.97 Å². The molecular weight excluding hydrogens is 370 g/mol. The smallest absolute Gasteiger partial charge is 0.330 e. The summed E-state index contributed by atoms with van der Waals surface area (Å²) in [6, 6.07) is 3.75. The summed E-state index contributed by atoms with van der Waals surface area (Å²) in [4.78, 5) is 14.5. The Labute approximate surface area is 170 Å². The number of esters is 1. The molecule has 1 spiro atoms. The lowest BCUT2D eigenvalue weighted by molar-refractivity contribution is -0.175. The fourth-order valence-electron chi connectivity index (χ4n) is 6.69. The van der Waals surface area contributed by atoms with Gasteiger partial charge < -0.3 is 19.7 Å². The summed E-state index contributed by atoms with van der Waals surface area (Å²) in [6.45, 7) is 1.96. The van der Waals surface area contributed by atoms with Crippen molar-refractivity contribution in [2.45, 2.75) is 61.7 Å². The second kappa shape index (κ2) is 5.76. The SMILES string of the molecule is COC(=O)/C=C1\CC[C@@]2(O)[C@H]3Cc4ccc(O)c5c4[C@@]2(CCN3CC2CC2)C1O5. The number of methoxy groups -OCH3 is 1. The summed E-state index contributed by atoms with van der Waals surface area (Å²) in [5.74, 6) is 0.978. The van der Waals surface area contributed by atoms with Crippen molar-refractivity contribution in [1.82, 2.24) is 4.90 Å². The number of rotatable bonds is 3. The van der Waals surface area contributed by atoms with E-state index >= 15 is 0 Å². The largest absolute Gasteiger partial charge is 0.504 e. The van der Waals surface area contributed by atoms with Crippen LogP contribution in [0, 0.1) is 5.92 Å². The van der Waals surface area contributed by atoms with Gasteiger partial charge in [0.25, 0.3) is 0 Å². The molecular formula is C23H27NO5. The van der Waals surface area contributed by atoms with E-state index in [1.165, 1.54) is 26.0 Å². The van der Waals surface area contributed by atoms with Gasteiger partial charge in [-0.2, -0.15) is 0 Å². The zero-order chi connectivity index (χ0) is 20.0. The molecule has 1 aromatic rings. The topological polar surface area (TPSA) is 79.2 Å². The van der Waals surface area contributed by atoms with E-state index in [4.69, 9.17) is 9.47 Å². The van der Waals surface area contributed by atoms with E-state index in [2.05, 4.69) is 4.90 Å². The zero-order valence-electron chi connectivity index (χ0n) is 16.7. The van der Waals surface area contributed by atoms with Gasteiger partial charge in [-0.25, -0.2) is 4.79 Å². The van der Waals surface area contributed by atoms with Crippen molar-refractivity contribution in [2.24, 2.45) is 5.92 Å². The lowest BCUT2D eigenvalue weighted by Crippen LogP contribution is -2.75. The van der Waals surface area contributed by atoms with E-state index in [1.54, 1.807) is 6.07 Å². The number of phenolic OH excluding ortho intramolecular Hbond substituents is 1. The first-order chi connectivity index (χ1) is 14.0. The summed E-state index contributed by atoms with van der Waals surface area (Å²) < 4.78 is 11.2. The molecule has 4 atom stereocenters. The average molecular weight is 397 g/mol. The molecule has 3 fully saturated rings. The number of likely N-dealkylation sites (tertiary alicyclic amines) is 1. The second-order valence-corrected chi connectivity index (χ2v) is 9.49. The summed E-state index contributed by atoms with van der Waals surface area (Å²) in [5, 5.41) is 22.8. The minimum Gasteiger partial charge on any atom is -0.504 e. The third-order valence-corrected chi connectivity index (χ3v) is 8.15. The zero-order valence-corrected chi connectivity index (χ0v) is 16.7. The maximum Gasteiger partial charge on any atom is 0.330 e. The molecule has 6 rings (SSSR count). The lowest BCUT2D eigenvalue weighted by Gasteiger charge is -2.63. The van der Waals surface area contributed by atoms with Gasteiger partial charge in [0.05, 0.1) is 18.1 Å². The number of nitrogens with zero attached hydrogens (tertiary/aromatic N) is 1. The highest BCUT2D eigenvalue weighted by Gasteiger charge is 2.72. The molecule has 0 amide bonds. The number of hydrogen-bond donors (Lipinski definition) is 2. The highest BCUT2D eigenvalue weighted by atomic mass is 16.5. The van der Waals surface area contributed by atoms with Gasteiger partial charge in [0.15, 0.2) is 11.5 Å². The minimum atomic E-state index is -0.926. The van der Waals surface area contributed by atoms with Crippen molar-refractivity contribution < 1.29 is 24.5 Å². The van der Waals surface area contributed by atoms with Gasteiger partial charge in [-0.05, 0) is 68.2 Å². The Morgan fingerprint density at radius 3 is 2.97 bits per heavy atom. The monoisotopic (exact) mass is 397 g/mol. The first-order valence-corrected chi connectivity index (χ1v) is 10.7. The molecule has 2 heterocycles. The number of aromatic hydroxyl groups is 1. The second-order valence-electron chi connectivity index (χ2n) is 9.49. The molecule has 6 nitrogen and oxygen atoms in total. The number of benzene rings is 1. The normalized spacial score (nSPS) is 38.5. The molecule has 3 aliphatic carbocycles. The van der Waals surface area contributed by atoms with Crippen molar-refractivity contribution in [3.63, 3.8) is 0 Å². The van der Waals surface area contributed by atoms with E-state index in [-0.39, 0.29) is 11.8 Å². The summed E-state index contributed by atoms with van der Waals surface area (Å²) in [6.07, 6.45) is 6.40. The standard InChI is InChI=1S/C23H27NO5/c1-28-18(26)11-15-6-7-23(27)17-10-14-4-5-16(25)20-19(14)22(23,21(15)29-20)8-9-24(17)12-13-2-3-13/h4-5,11,13,17,21,25,27H,2-3,6-10,12H2,1H3/b15-11+/t17-,21?,22+,23-/m1/s1. The van der Waals surface area contributed by atoms with Gasteiger partial charge in [0.1, 0.15) is 6.10 Å². The predicted molar refractivity (Wildman–Crippen MR) is 105 cm³/mol. The number of carbonyl (C=O) groups is 1. The van der Waals surface area contributed by atoms with Crippen LogP contribution in [0.2, 0.25) is 0 Å². The van der Waals surface area contributed by atoms with Gasteiger partial charge in [-0.1, -0.05) is 6.07 Å². The predicted octanol–water partition coefficient (Wildman–Crippen LogP) is 2.06. The van der Waals surface area contributed by atoms with Gasteiger partial charge in [0, 0.05) is 24.2 Å². The fraction of sp³-hybridized carbons (Fsp3) is 0.609. The van der Waals surface area contributed by atoms with Crippen LogP contribution in [0.15, 0.2) is 23.8 Å². The highest BCUT2D eigenvalue weighted by molar-refractivity contribution is 5.83. The van der Waals surface area contributed by atoms with Crippen LogP contribution < -0.4 is 4.74 Å². The molecule has 6 heteroatoms. The Hall–Kier alpha value is -2.05. The van der Waals surface area contributed by atoms with Crippen LogP contribution in [0.3, 0.4) is 0 Å². The molecule has 2 N–H and O–H groups in total. The maximum atomic E-state index is 12.3. The summed E-state index contributed by atoms with van der Waals surface area (Å²) >= 11 is 0. The number of ether oxygens (including phenoxy) is 2. The van der Waals surface area contributed by atoms with Gasteiger partial charge in [-0.15, -0.1) is 0 Å². The van der Waals surface area contributed by atoms with Gasteiger partial charge in [-0.3, -0.25) is 4.90 Å². The Morgan fingerprint density at radius 2 is 2.21 bits per heavy atom. The molecule has 0 aromatic heterocycles. The molecule has 29 heavy (non-hydrogen) atoms. The molecule has 0 radical (unpaired) electrons. The van der Waals surface area contributed by atoms with Crippen molar-refractivity contribution in [3.05, 3.63) is 34.9 Å². The molecule has 2 aliphatic heterocycles. The van der Waals surface area contributed by atoms with Crippen LogP contribution in [0.4, 0.5) is 0 Å². The molecule has 1 unspecified atom stereocenters. The van der Waals surface area contributed by atoms with E-state index < -0.39 is 23.1 Å².